The van der Waals surface area contributed by atoms with E-state index in [1.807, 2.05) is 0 Å². The standard InChI is InChI=1S/C13H30N2/c1-7-8-14-13(12(4)5)10-15(6)9-11(2)3/h11-14H,7-10H2,1-6H3. The Morgan fingerprint density at radius 2 is 1.67 bits per heavy atom. The third kappa shape index (κ3) is 7.80. The molecule has 0 aromatic heterocycles. The van der Waals surface area contributed by atoms with Gasteiger partial charge in [-0.3, -0.25) is 0 Å². The first-order valence-electron chi connectivity index (χ1n) is 6.39. The van der Waals surface area contributed by atoms with Crippen molar-refractivity contribution in [2.45, 2.75) is 47.1 Å². The maximum absolute atomic E-state index is 3.63. The normalized spacial score (nSPS) is 14.2. The quantitative estimate of drug-likeness (QED) is 0.668. The second kappa shape index (κ2) is 8.12. The average molecular weight is 214 g/mol. The molecule has 2 heteroatoms. The van der Waals surface area contributed by atoms with Crippen molar-refractivity contribution in [1.82, 2.24) is 10.2 Å². The van der Waals surface area contributed by atoms with Gasteiger partial charge in [-0.1, -0.05) is 34.6 Å². The molecule has 15 heavy (non-hydrogen) atoms. The Morgan fingerprint density at radius 3 is 2.07 bits per heavy atom. The van der Waals surface area contributed by atoms with Gasteiger partial charge in [-0.25, -0.2) is 0 Å². The molecule has 0 fully saturated rings. The molecule has 0 aliphatic carbocycles. The fraction of sp³-hybridized carbons (Fsp3) is 1.00. The lowest BCUT2D eigenvalue weighted by atomic mass is 10.0. The predicted octanol–water partition coefficient (Wildman–Crippen LogP) is 2.60. The molecule has 0 spiro atoms. The summed E-state index contributed by atoms with van der Waals surface area (Å²) in [6.45, 7) is 14.9. The number of nitrogens with one attached hydrogen (secondary N) is 1. The highest BCUT2D eigenvalue weighted by molar-refractivity contribution is 4.74. The van der Waals surface area contributed by atoms with Crippen LogP contribution in [0.4, 0.5) is 0 Å². The largest absolute Gasteiger partial charge is 0.312 e. The maximum atomic E-state index is 3.63. The van der Waals surface area contributed by atoms with Crippen LogP contribution < -0.4 is 5.32 Å². The van der Waals surface area contributed by atoms with Crippen LogP contribution in [0.1, 0.15) is 41.0 Å². The molecule has 0 radical (unpaired) electrons. The van der Waals surface area contributed by atoms with Crippen molar-refractivity contribution in [1.29, 1.82) is 0 Å². The summed E-state index contributed by atoms with van der Waals surface area (Å²) in [6.07, 6.45) is 1.22. The molecule has 1 atom stereocenters. The van der Waals surface area contributed by atoms with Crippen LogP contribution in [0.25, 0.3) is 0 Å². The summed E-state index contributed by atoms with van der Waals surface area (Å²) in [5, 5.41) is 3.63. The molecular formula is C13H30N2. The molecule has 0 saturated heterocycles. The van der Waals surface area contributed by atoms with Gasteiger partial charge in [0.25, 0.3) is 0 Å². The van der Waals surface area contributed by atoms with E-state index in [0.717, 1.165) is 19.0 Å². The summed E-state index contributed by atoms with van der Waals surface area (Å²) < 4.78 is 0. The third-order valence-electron chi connectivity index (χ3n) is 2.65. The van der Waals surface area contributed by atoms with Crippen LogP contribution in [0.5, 0.6) is 0 Å². The number of hydrogen-bond acceptors (Lipinski definition) is 2. The van der Waals surface area contributed by atoms with Crippen LogP contribution in [0.15, 0.2) is 0 Å². The van der Waals surface area contributed by atoms with Crippen molar-refractivity contribution in [3.8, 4) is 0 Å². The van der Waals surface area contributed by atoms with Crippen LogP contribution >= 0.6 is 0 Å². The van der Waals surface area contributed by atoms with Crippen LogP contribution in [-0.2, 0) is 0 Å². The van der Waals surface area contributed by atoms with E-state index in [1.165, 1.54) is 13.0 Å². The van der Waals surface area contributed by atoms with Gasteiger partial charge in [0.15, 0.2) is 0 Å². The molecule has 0 aliphatic rings. The molecule has 0 aromatic rings. The minimum absolute atomic E-state index is 0.633. The van der Waals surface area contributed by atoms with Crippen molar-refractivity contribution in [3.63, 3.8) is 0 Å². The highest BCUT2D eigenvalue weighted by Gasteiger charge is 2.14. The van der Waals surface area contributed by atoms with Crippen LogP contribution in [0.3, 0.4) is 0 Å². The molecule has 2 nitrogen and oxygen atoms in total. The number of hydrogen-bond donors (Lipinski definition) is 1. The van der Waals surface area contributed by atoms with E-state index in [1.54, 1.807) is 0 Å². The fourth-order valence-electron chi connectivity index (χ4n) is 1.87. The minimum atomic E-state index is 0.633. The second-order valence-corrected chi connectivity index (χ2v) is 5.42. The summed E-state index contributed by atoms with van der Waals surface area (Å²) in [4.78, 5) is 2.44. The lowest BCUT2D eigenvalue weighted by Gasteiger charge is -2.28. The zero-order valence-electron chi connectivity index (χ0n) is 11.5. The Bertz CT molecular complexity index is 143. The van der Waals surface area contributed by atoms with E-state index in [9.17, 15) is 0 Å². The zero-order chi connectivity index (χ0) is 11.8. The molecule has 0 heterocycles. The van der Waals surface area contributed by atoms with Crippen molar-refractivity contribution >= 4 is 0 Å². The van der Waals surface area contributed by atoms with Gasteiger partial charge in [-0.05, 0) is 31.8 Å². The van der Waals surface area contributed by atoms with Gasteiger partial charge in [0.1, 0.15) is 0 Å². The van der Waals surface area contributed by atoms with Crippen LogP contribution in [-0.4, -0.2) is 37.6 Å². The molecule has 0 bridgehead atoms. The number of rotatable bonds is 8. The van der Waals surface area contributed by atoms with Gasteiger partial charge >= 0.3 is 0 Å². The molecule has 0 saturated carbocycles. The minimum Gasteiger partial charge on any atom is -0.312 e. The zero-order valence-corrected chi connectivity index (χ0v) is 11.5. The summed E-state index contributed by atoms with van der Waals surface area (Å²) in [5.41, 5.74) is 0. The van der Waals surface area contributed by atoms with Gasteiger partial charge in [-0.2, -0.15) is 0 Å². The van der Waals surface area contributed by atoms with E-state index in [2.05, 4.69) is 51.9 Å². The highest BCUT2D eigenvalue weighted by atomic mass is 15.1. The van der Waals surface area contributed by atoms with Crippen molar-refractivity contribution in [2.24, 2.45) is 11.8 Å². The summed E-state index contributed by atoms with van der Waals surface area (Å²) >= 11 is 0. The highest BCUT2D eigenvalue weighted by Crippen LogP contribution is 2.05. The van der Waals surface area contributed by atoms with Gasteiger partial charge < -0.3 is 10.2 Å². The molecule has 1 N–H and O–H groups in total. The van der Waals surface area contributed by atoms with Crippen LogP contribution in [0, 0.1) is 11.8 Å². The molecule has 0 aromatic carbocycles. The Kier molecular flexibility index (Phi) is 8.07. The number of nitrogens with zero attached hydrogens (tertiary/aromatic N) is 1. The lowest BCUT2D eigenvalue weighted by molar-refractivity contribution is 0.234. The number of likely N-dealkylation sites (N-methyl/N-ethyl adjacent to an activating group) is 1. The monoisotopic (exact) mass is 214 g/mol. The first-order valence-corrected chi connectivity index (χ1v) is 6.39. The van der Waals surface area contributed by atoms with Gasteiger partial charge in [0, 0.05) is 19.1 Å². The first-order chi connectivity index (χ1) is 6.97. The summed E-state index contributed by atoms with van der Waals surface area (Å²) in [6, 6.07) is 0.633. The smallest absolute Gasteiger partial charge is 0.0217 e. The van der Waals surface area contributed by atoms with E-state index in [0.29, 0.717) is 12.0 Å². The SMILES string of the molecule is CCCNC(CN(C)CC(C)C)C(C)C. The van der Waals surface area contributed by atoms with Crippen LogP contribution in [0.2, 0.25) is 0 Å². The molecule has 1 unspecified atom stereocenters. The maximum Gasteiger partial charge on any atom is 0.0217 e. The second-order valence-electron chi connectivity index (χ2n) is 5.42. The van der Waals surface area contributed by atoms with Gasteiger partial charge in [0.2, 0.25) is 0 Å². The van der Waals surface area contributed by atoms with Crippen molar-refractivity contribution in [2.75, 3.05) is 26.7 Å². The van der Waals surface area contributed by atoms with Crippen molar-refractivity contribution < 1.29 is 0 Å². The van der Waals surface area contributed by atoms with E-state index in [4.69, 9.17) is 0 Å². The fourth-order valence-corrected chi connectivity index (χ4v) is 1.87. The topological polar surface area (TPSA) is 15.3 Å². The Morgan fingerprint density at radius 1 is 1.07 bits per heavy atom. The Hall–Kier alpha value is -0.0800. The third-order valence-corrected chi connectivity index (χ3v) is 2.65. The summed E-state index contributed by atoms with van der Waals surface area (Å²) in [5.74, 6) is 1.47. The molecule has 0 rings (SSSR count). The molecule has 0 aliphatic heterocycles. The van der Waals surface area contributed by atoms with Gasteiger partial charge in [-0.15, -0.1) is 0 Å². The Labute approximate surface area is 96.4 Å². The predicted molar refractivity (Wildman–Crippen MR) is 69.3 cm³/mol. The average Bonchev–Trinajstić information content (AvgIpc) is 2.10. The van der Waals surface area contributed by atoms with Crippen molar-refractivity contribution in [3.05, 3.63) is 0 Å². The summed E-state index contributed by atoms with van der Waals surface area (Å²) in [7, 11) is 2.23. The first kappa shape index (κ1) is 14.9. The van der Waals surface area contributed by atoms with E-state index >= 15 is 0 Å². The van der Waals surface area contributed by atoms with Gasteiger partial charge in [0.05, 0.1) is 0 Å². The lowest BCUT2D eigenvalue weighted by Crippen LogP contribution is -2.44. The van der Waals surface area contributed by atoms with E-state index in [-0.39, 0.29) is 0 Å². The molecule has 92 valence electrons. The van der Waals surface area contributed by atoms with E-state index < -0.39 is 0 Å². The Balaban J connectivity index is 3.92. The molecular weight excluding hydrogens is 184 g/mol. The molecule has 0 amide bonds.